The SMILES string of the molecule is CCCC(N=C(N)N)(C(=O)O)N1CCC1=O. The Bertz CT molecular complexity index is 338. The van der Waals surface area contributed by atoms with E-state index in [0.717, 1.165) is 0 Å². The van der Waals surface area contributed by atoms with E-state index in [-0.39, 0.29) is 18.3 Å². The quantitative estimate of drug-likeness (QED) is 0.319. The van der Waals surface area contributed by atoms with Gasteiger partial charge in [-0.2, -0.15) is 0 Å². The summed E-state index contributed by atoms with van der Waals surface area (Å²) in [7, 11) is 0. The number of nitrogens with two attached hydrogens (primary N) is 2. The maximum Gasteiger partial charge on any atom is 0.352 e. The molecule has 16 heavy (non-hydrogen) atoms. The number of carboxylic acids is 1. The van der Waals surface area contributed by atoms with Crippen LogP contribution in [0.4, 0.5) is 0 Å². The summed E-state index contributed by atoms with van der Waals surface area (Å²) in [5.74, 6) is -1.76. The Hall–Kier alpha value is -1.79. The van der Waals surface area contributed by atoms with Gasteiger partial charge in [-0.3, -0.25) is 4.79 Å². The number of carbonyl (C=O) groups is 2. The molecule has 0 radical (unpaired) electrons. The van der Waals surface area contributed by atoms with E-state index in [1.54, 1.807) is 0 Å². The zero-order valence-corrected chi connectivity index (χ0v) is 9.14. The van der Waals surface area contributed by atoms with E-state index in [1.807, 2.05) is 6.92 Å². The molecule has 1 saturated heterocycles. The average molecular weight is 228 g/mol. The van der Waals surface area contributed by atoms with Crippen molar-refractivity contribution in [2.75, 3.05) is 6.54 Å². The highest BCUT2D eigenvalue weighted by molar-refractivity contribution is 5.92. The van der Waals surface area contributed by atoms with Crippen LogP contribution in [-0.4, -0.2) is 40.1 Å². The van der Waals surface area contributed by atoms with Crippen LogP contribution in [-0.2, 0) is 9.59 Å². The maximum absolute atomic E-state index is 11.3. The lowest BCUT2D eigenvalue weighted by atomic mass is 9.98. The van der Waals surface area contributed by atoms with E-state index in [1.165, 1.54) is 4.90 Å². The molecule has 1 atom stereocenters. The number of aliphatic imine (C=N–C) groups is 1. The van der Waals surface area contributed by atoms with Crippen LogP contribution >= 0.6 is 0 Å². The van der Waals surface area contributed by atoms with Gasteiger partial charge in [-0.05, 0) is 0 Å². The summed E-state index contributed by atoms with van der Waals surface area (Å²) in [6, 6.07) is 0. The highest BCUT2D eigenvalue weighted by atomic mass is 16.4. The molecule has 0 aromatic heterocycles. The summed E-state index contributed by atoms with van der Waals surface area (Å²) < 4.78 is 0. The van der Waals surface area contributed by atoms with Crippen molar-refractivity contribution in [1.82, 2.24) is 4.90 Å². The maximum atomic E-state index is 11.3. The first kappa shape index (κ1) is 12.3. The number of aliphatic carboxylic acids is 1. The van der Waals surface area contributed by atoms with Gasteiger partial charge in [-0.1, -0.05) is 13.3 Å². The van der Waals surface area contributed by atoms with Crippen molar-refractivity contribution >= 4 is 17.8 Å². The van der Waals surface area contributed by atoms with Crippen LogP contribution in [0, 0.1) is 0 Å². The van der Waals surface area contributed by atoms with Crippen LogP contribution in [0.2, 0.25) is 0 Å². The summed E-state index contributed by atoms with van der Waals surface area (Å²) in [5.41, 5.74) is 8.85. The monoisotopic (exact) mass is 228 g/mol. The topological polar surface area (TPSA) is 122 Å². The summed E-state index contributed by atoms with van der Waals surface area (Å²) >= 11 is 0. The summed E-state index contributed by atoms with van der Waals surface area (Å²) in [6.45, 7) is 2.19. The molecule has 90 valence electrons. The molecule has 1 aliphatic heterocycles. The van der Waals surface area contributed by atoms with Crippen LogP contribution in [0.15, 0.2) is 4.99 Å². The predicted octanol–water partition coefficient (Wildman–Crippen LogP) is -0.927. The van der Waals surface area contributed by atoms with E-state index < -0.39 is 11.6 Å². The number of hydrogen-bond acceptors (Lipinski definition) is 3. The molecule has 5 N–H and O–H groups in total. The van der Waals surface area contributed by atoms with E-state index in [9.17, 15) is 14.7 Å². The largest absolute Gasteiger partial charge is 0.478 e. The van der Waals surface area contributed by atoms with Crippen molar-refractivity contribution in [2.24, 2.45) is 16.5 Å². The van der Waals surface area contributed by atoms with Crippen molar-refractivity contribution in [2.45, 2.75) is 31.8 Å². The minimum absolute atomic E-state index is 0.200. The third-order valence-corrected chi connectivity index (χ3v) is 2.55. The molecule has 0 aromatic carbocycles. The van der Waals surface area contributed by atoms with Crippen molar-refractivity contribution < 1.29 is 14.7 Å². The molecule has 1 rings (SSSR count). The number of rotatable bonds is 5. The Labute approximate surface area is 93.1 Å². The van der Waals surface area contributed by atoms with Crippen molar-refractivity contribution in [3.05, 3.63) is 0 Å². The van der Waals surface area contributed by atoms with Gasteiger partial charge in [0.25, 0.3) is 0 Å². The van der Waals surface area contributed by atoms with Crippen molar-refractivity contribution in [3.8, 4) is 0 Å². The fraction of sp³-hybridized carbons (Fsp3) is 0.667. The number of carbonyl (C=O) groups excluding carboxylic acids is 1. The molecule has 0 bridgehead atoms. The molecule has 7 nitrogen and oxygen atoms in total. The zero-order chi connectivity index (χ0) is 12.3. The number of amides is 1. The second kappa shape index (κ2) is 4.38. The van der Waals surface area contributed by atoms with Crippen LogP contribution in [0.3, 0.4) is 0 Å². The number of carboxylic acid groups (broad SMARTS) is 1. The second-order valence-corrected chi connectivity index (χ2v) is 3.70. The van der Waals surface area contributed by atoms with Gasteiger partial charge < -0.3 is 21.5 Å². The Morgan fingerprint density at radius 2 is 2.25 bits per heavy atom. The molecule has 0 saturated carbocycles. The molecule has 0 aromatic rings. The molecular weight excluding hydrogens is 212 g/mol. The third-order valence-electron chi connectivity index (χ3n) is 2.55. The van der Waals surface area contributed by atoms with Gasteiger partial charge in [0.15, 0.2) is 5.96 Å². The second-order valence-electron chi connectivity index (χ2n) is 3.70. The molecule has 1 aliphatic rings. The molecule has 0 spiro atoms. The third kappa shape index (κ3) is 1.93. The normalized spacial score (nSPS) is 18.6. The minimum atomic E-state index is -1.62. The van der Waals surface area contributed by atoms with Crippen molar-refractivity contribution in [1.29, 1.82) is 0 Å². The highest BCUT2D eigenvalue weighted by Gasteiger charge is 2.49. The van der Waals surface area contributed by atoms with Crippen LogP contribution in [0.1, 0.15) is 26.2 Å². The van der Waals surface area contributed by atoms with Crippen LogP contribution in [0.25, 0.3) is 0 Å². The van der Waals surface area contributed by atoms with Gasteiger partial charge in [0.2, 0.25) is 11.6 Å². The molecule has 0 aliphatic carbocycles. The van der Waals surface area contributed by atoms with E-state index in [0.29, 0.717) is 19.4 Å². The van der Waals surface area contributed by atoms with E-state index >= 15 is 0 Å². The van der Waals surface area contributed by atoms with Gasteiger partial charge in [-0.25, -0.2) is 9.79 Å². The van der Waals surface area contributed by atoms with Crippen molar-refractivity contribution in [3.63, 3.8) is 0 Å². The molecule has 1 unspecified atom stereocenters. The lowest BCUT2D eigenvalue weighted by Gasteiger charge is -2.42. The van der Waals surface area contributed by atoms with Crippen LogP contribution in [0.5, 0.6) is 0 Å². The van der Waals surface area contributed by atoms with E-state index in [2.05, 4.69) is 4.99 Å². The lowest BCUT2D eigenvalue weighted by Crippen LogP contribution is -2.62. The van der Waals surface area contributed by atoms with Gasteiger partial charge in [0.1, 0.15) is 0 Å². The van der Waals surface area contributed by atoms with Gasteiger partial charge in [-0.15, -0.1) is 0 Å². The number of guanidine groups is 1. The summed E-state index contributed by atoms with van der Waals surface area (Å²) in [4.78, 5) is 27.6. The molecule has 1 fully saturated rings. The van der Waals surface area contributed by atoms with Gasteiger partial charge in [0, 0.05) is 19.4 Å². The predicted molar refractivity (Wildman–Crippen MR) is 57.4 cm³/mol. The first-order chi connectivity index (χ1) is 7.44. The first-order valence-electron chi connectivity index (χ1n) is 5.08. The first-order valence-corrected chi connectivity index (χ1v) is 5.08. The lowest BCUT2D eigenvalue weighted by molar-refractivity contribution is -0.166. The average Bonchev–Trinajstić information content (AvgIpc) is 2.14. The Kier molecular flexibility index (Phi) is 3.36. The highest BCUT2D eigenvalue weighted by Crippen LogP contribution is 2.29. The number of nitrogens with zero attached hydrogens (tertiary/aromatic N) is 2. The number of likely N-dealkylation sites (tertiary alicyclic amines) is 1. The number of hydrogen-bond donors (Lipinski definition) is 3. The Balaban J connectivity index is 3.10. The smallest absolute Gasteiger partial charge is 0.352 e. The molecule has 7 heteroatoms. The zero-order valence-electron chi connectivity index (χ0n) is 9.14. The Morgan fingerprint density at radius 1 is 1.62 bits per heavy atom. The Morgan fingerprint density at radius 3 is 2.50 bits per heavy atom. The molecular formula is C9H16N4O3. The fourth-order valence-electron chi connectivity index (χ4n) is 1.79. The summed E-state index contributed by atoms with van der Waals surface area (Å²) in [6.07, 6.45) is 1.11. The fourth-order valence-corrected chi connectivity index (χ4v) is 1.79. The molecule has 1 amide bonds. The minimum Gasteiger partial charge on any atom is -0.478 e. The van der Waals surface area contributed by atoms with Crippen LogP contribution < -0.4 is 11.5 Å². The standard InChI is InChI=1S/C9H16N4O3/c1-2-4-9(7(15)16,12-8(10)11)13-5-3-6(13)14/h2-5H2,1H3,(H,15,16)(H4,10,11,12). The van der Waals surface area contributed by atoms with Gasteiger partial charge in [0.05, 0.1) is 0 Å². The van der Waals surface area contributed by atoms with E-state index in [4.69, 9.17) is 11.5 Å². The summed E-state index contributed by atoms with van der Waals surface area (Å²) in [5, 5.41) is 9.24. The van der Waals surface area contributed by atoms with Gasteiger partial charge >= 0.3 is 5.97 Å². The molecule has 1 heterocycles. The number of β-lactam (4-membered cyclic amide) rings is 1.